The number of fused-ring (bicyclic) bond motifs is 16. The van der Waals surface area contributed by atoms with Gasteiger partial charge in [-0.1, -0.05) is 274 Å². The van der Waals surface area contributed by atoms with Gasteiger partial charge in [-0.3, -0.25) is 9.97 Å². The van der Waals surface area contributed by atoms with Crippen LogP contribution in [0.4, 0.5) is 0 Å². The predicted molar refractivity (Wildman–Crippen MR) is 581 cm³/mol. The first kappa shape index (κ1) is 85.2. The maximum atomic E-state index is 6.18. The summed E-state index contributed by atoms with van der Waals surface area (Å²) in [6.45, 7) is 18.7. The molecule has 4 aliphatic carbocycles. The van der Waals surface area contributed by atoms with Crippen molar-refractivity contribution in [3.63, 3.8) is 0 Å². The van der Waals surface area contributed by atoms with Gasteiger partial charge in [0.15, 0.2) is 22.3 Å². The van der Waals surface area contributed by atoms with Crippen LogP contribution in [0, 0.1) is 0 Å². The number of para-hydroxylation sites is 8. The first-order valence-electron chi connectivity index (χ1n) is 49.2. The maximum Gasteiger partial charge on any atom is 0.227 e. The molecule has 4 aliphatic rings. The summed E-state index contributed by atoms with van der Waals surface area (Å²) in [6.07, 6.45) is 3.66. The third kappa shape index (κ3) is 14.2. The molecule has 8 aromatic heterocycles. The molecule has 0 spiro atoms. The third-order valence-corrected chi connectivity index (χ3v) is 30.6. The molecule has 12 nitrogen and oxygen atoms in total. The normalized spacial score (nSPS) is 13.8. The quantitative estimate of drug-likeness (QED) is 0.102. The predicted octanol–water partition coefficient (Wildman–Crippen LogP) is 34.1. The topological polar surface area (TPSA) is 156 Å². The lowest BCUT2D eigenvalue weighted by atomic mass is 9.80. The summed E-state index contributed by atoms with van der Waals surface area (Å²) < 4.78 is 24.5. The van der Waals surface area contributed by atoms with Crippen molar-refractivity contribution in [3.05, 3.63) is 457 Å². The van der Waals surface area contributed by atoms with E-state index in [1.54, 1.807) is 0 Å². The lowest BCUT2D eigenvalue weighted by molar-refractivity contribution is 0.618. The molecule has 0 atom stereocenters. The number of oxazole rings is 4. The van der Waals surface area contributed by atoms with Gasteiger partial charge in [0.05, 0.1) is 34.2 Å². The van der Waals surface area contributed by atoms with Crippen molar-refractivity contribution in [1.82, 2.24) is 39.9 Å². The molecule has 0 saturated carbocycles. The third-order valence-electron chi connectivity index (χ3n) is 30.6. The second kappa shape index (κ2) is 32.8. The van der Waals surface area contributed by atoms with Crippen molar-refractivity contribution in [2.45, 2.75) is 77.0 Å². The van der Waals surface area contributed by atoms with E-state index in [-0.39, 0.29) is 21.7 Å². The second-order valence-corrected chi connectivity index (χ2v) is 40.5. The number of nitrogens with zero attached hydrogens (tertiary/aromatic N) is 8. The molecule has 8 heterocycles. The molecule has 684 valence electrons. The number of benzene rings is 16. The standard InChI is InChI=1S/2C66H46N4O2/c1-65(2)52-35-43(39-16-20-41(21-17-39)63-69-58-12-5-7-14-60(58)71-63)24-28-48(52)50-30-26-45(37-54(50)65)47-32-33-57(56-11-9-10-34-67-56)68-62(47)46-27-31-51-49-29-25-44(36-53(49)66(3,4)55(51)38-46)40-18-22-42(23-19-40)64-70-59-13-6-8-15-61(59)72-64;1-65(2)52-35-43(24-28-48(52)50-30-26-45(37-54(50)65)63-69-58-12-5-7-14-60(58)71-63)39-16-20-41(21-17-39)47-32-33-57(56-11-9-10-34-67-56)68-62(47)42-22-18-40(19-23-42)44-25-29-49-51-31-27-46(38-55(51)66(3,4)53(49)36-44)64-70-59-13-6-8-15-61(59)72-64/h2*5-38H,1-4H3. The zero-order chi connectivity index (χ0) is 96.6. The zero-order valence-electron chi connectivity index (χ0n) is 80.5. The number of rotatable bonds is 14. The van der Waals surface area contributed by atoms with Crippen LogP contribution in [0.1, 0.15) is 99.9 Å². The molecule has 0 N–H and O–H groups in total. The van der Waals surface area contributed by atoms with Crippen molar-refractivity contribution in [3.8, 4) is 202 Å². The fourth-order valence-electron chi connectivity index (χ4n) is 22.6. The minimum atomic E-state index is -0.260. The van der Waals surface area contributed by atoms with Gasteiger partial charge in [-0.25, -0.2) is 29.9 Å². The Morgan fingerprint density at radius 1 is 0.160 bits per heavy atom. The highest BCUT2D eigenvalue weighted by Gasteiger charge is 2.42. The van der Waals surface area contributed by atoms with Crippen LogP contribution in [-0.2, 0) is 21.7 Å². The Labute approximate surface area is 833 Å². The van der Waals surface area contributed by atoms with E-state index in [1.807, 2.05) is 146 Å². The van der Waals surface area contributed by atoms with E-state index < -0.39 is 0 Å². The summed E-state index contributed by atoms with van der Waals surface area (Å²) in [6, 6.07) is 142. The van der Waals surface area contributed by atoms with Crippen molar-refractivity contribution in [2.75, 3.05) is 0 Å². The largest absolute Gasteiger partial charge is 0.436 e. The van der Waals surface area contributed by atoms with Gasteiger partial charge in [0.25, 0.3) is 0 Å². The van der Waals surface area contributed by atoms with Crippen molar-refractivity contribution < 1.29 is 17.7 Å². The van der Waals surface area contributed by atoms with Crippen LogP contribution in [0.15, 0.2) is 430 Å². The fourth-order valence-corrected chi connectivity index (χ4v) is 22.6. The molecular formula is C132H92N8O4. The van der Waals surface area contributed by atoms with Crippen molar-refractivity contribution >= 4 is 44.4 Å². The number of pyridine rings is 4. The van der Waals surface area contributed by atoms with Crippen LogP contribution in [0.2, 0.25) is 0 Å². The highest BCUT2D eigenvalue weighted by Crippen LogP contribution is 2.57. The number of hydrogen-bond acceptors (Lipinski definition) is 12. The van der Waals surface area contributed by atoms with E-state index in [1.165, 1.54) is 111 Å². The van der Waals surface area contributed by atoms with Gasteiger partial charge in [-0.05, 0) is 327 Å². The molecule has 0 radical (unpaired) electrons. The Bertz CT molecular complexity index is 9230. The molecule has 144 heavy (non-hydrogen) atoms. The zero-order valence-corrected chi connectivity index (χ0v) is 80.5. The lowest BCUT2D eigenvalue weighted by Gasteiger charge is -2.24. The van der Waals surface area contributed by atoms with Crippen LogP contribution in [0.25, 0.3) is 247 Å². The van der Waals surface area contributed by atoms with E-state index in [0.717, 1.165) is 156 Å². The molecular weight excluding hydrogens is 1760 g/mol. The second-order valence-electron chi connectivity index (χ2n) is 40.5. The lowest BCUT2D eigenvalue weighted by Crippen LogP contribution is -2.15. The van der Waals surface area contributed by atoms with Crippen molar-refractivity contribution in [2.24, 2.45) is 0 Å². The van der Waals surface area contributed by atoms with Crippen LogP contribution in [0.3, 0.4) is 0 Å². The summed E-state index contributed by atoms with van der Waals surface area (Å²) in [5.74, 6) is 2.55. The van der Waals surface area contributed by atoms with Gasteiger partial charge in [-0.2, -0.15) is 0 Å². The minimum Gasteiger partial charge on any atom is -0.436 e. The highest BCUT2D eigenvalue weighted by molar-refractivity contribution is 5.96. The Kier molecular flexibility index (Phi) is 19.4. The van der Waals surface area contributed by atoms with E-state index in [0.29, 0.717) is 23.6 Å². The Balaban J connectivity index is 0.000000143. The van der Waals surface area contributed by atoms with Crippen LogP contribution < -0.4 is 0 Å². The van der Waals surface area contributed by atoms with E-state index >= 15 is 0 Å². The molecule has 0 fully saturated rings. The molecule has 24 aromatic rings. The molecule has 0 saturated heterocycles. The molecule has 28 rings (SSSR count). The fraction of sp³-hybridized carbons (Fsp3) is 0.0909. The summed E-state index contributed by atoms with van der Waals surface area (Å²) in [5.41, 5.74) is 51.1. The summed E-state index contributed by atoms with van der Waals surface area (Å²) >= 11 is 0. The maximum absolute atomic E-state index is 6.18. The molecule has 12 heteroatoms. The van der Waals surface area contributed by atoms with Gasteiger partial charge < -0.3 is 17.7 Å². The summed E-state index contributed by atoms with van der Waals surface area (Å²) in [4.78, 5) is 39.2. The number of aromatic nitrogens is 8. The average molecular weight is 1850 g/mol. The van der Waals surface area contributed by atoms with E-state index in [4.69, 9.17) is 52.6 Å². The molecule has 0 aliphatic heterocycles. The average Bonchev–Trinajstić information content (AvgIpc) is 1.58. The molecule has 16 aromatic carbocycles. The van der Waals surface area contributed by atoms with Gasteiger partial charge >= 0.3 is 0 Å². The monoisotopic (exact) mass is 1850 g/mol. The van der Waals surface area contributed by atoms with Crippen LogP contribution in [0.5, 0.6) is 0 Å². The van der Waals surface area contributed by atoms with Gasteiger partial charge in [-0.15, -0.1) is 0 Å². The smallest absolute Gasteiger partial charge is 0.227 e. The molecule has 0 unspecified atom stereocenters. The highest BCUT2D eigenvalue weighted by atomic mass is 16.4. The van der Waals surface area contributed by atoms with Gasteiger partial charge in [0.1, 0.15) is 22.1 Å². The van der Waals surface area contributed by atoms with Gasteiger partial charge in [0, 0.05) is 78.6 Å². The summed E-state index contributed by atoms with van der Waals surface area (Å²) in [7, 11) is 0. The Morgan fingerprint density at radius 3 is 0.694 bits per heavy atom. The first-order valence-corrected chi connectivity index (χ1v) is 49.2. The van der Waals surface area contributed by atoms with E-state index in [9.17, 15) is 0 Å². The SMILES string of the molecule is CC1(C)c2cc(-c3ccc(-c4ccc(-c5ccccn5)nc4-c4ccc(-c5ccc6c(c5)C(C)(C)c5cc(-c7nc8ccccc8o7)ccc5-6)cc4)cc3)ccc2-c2ccc(-c3nc4ccccc4o3)cc21.CC1(C)c2cc(-c3ccc(-c4nc5ccccc5o4)cc3)ccc2-c2ccc(-c3ccc(-c4ccccn4)nc3-c3ccc4c(c3)C(C)(C)c3cc(-c5ccc(-c6nc7ccccc7o6)cc5)ccc3-4)cc21. The molecule has 0 bridgehead atoms. The van der Waals surface area contributed by atoms with E-state index in [2.05, 4.69) is 327 Å². The minimum absolute atomic E-state index is 0.211. The first-order chi connectivity index (χ1) is 70.3. The van der Waals surface area contributed by atoms with Crippen LogP contribution >= 0.6 is 0 Å². The molecule has 0 amide bonds. The Morgan fingerprint density at radius 2 is 0.382 bits per heavy atom. The Hall–Kier alpha value is -18.0. The van der Waals surface area contributed by atoms with Crippen molar-refractivity contribution in [1.29, 1.82) is 0 Å². The number of hydrogen-bond donors (Lipinski definition) is 0. The summed E-state index contributed by atoms with van der Waals surface area (Å²) in [5, 5.41) is 0. The van der Waals surface area contributed by atoms with Crippen LogP contribution in [-0.4, -0.2) is 39.9 Å². The van der Waals surface area contributed by atoms with Gasteiger partial charge in [0.2, 0.25) is 23.6 Å².